The van der Waals surface area contributed by atoms with Crippen molar-refractivity contribution in [1.82, 2.24) is 15.6 Å². The fraction of sp³-hybridized carbons (Fsp3) is 0.190. The van der Waals surface area contributed by atoms with Gasteiger partial charge < -0.3 is 9.84 Å². The van der Waals surface area contributed by atoms with Gasteiger partial charge in [0, 0.05) is 5.56 Å². The predicted octanol–water partition coefficient (Wildman–Crippen LogP) is 3.73. The number of benzene rings is 2. The number of phenolic OH excluding ortho intramolecular Hbond substituents is 1. The molecule has 0 bridgehead atoms. The van der Waals surface area contributed by atoms with Gasteiger partial charge in [0.1, 0.15) is 17.2 Å². The van der Waals surface area contributed by atoms with E-state index in [0.29, 0.717) is 23.6 Å². The largest absolute Gasteiger partial charge is 0.508 e. The standard InChI is InChI=1S/C21H22N4O3/c1-2-3-11-28-18-9-7-16(8-10-18)19-13-20(24-23-19)21(27)25-22-14-15-5-4-6-17(26)12-15/h4-10,12-14,26H,2-3,11H2,1H3,(H,23,24)(H,25,27)/b22-14+. The van der Waals surface area contributed by atoms with Crippen molar-refractivity contribution in [3.8, 4) is 22.8 Å². The highest BCUT2D eigenvalue weighted by Gasteiger charge is 2.10. The number of hydrogen-bond donors (Lipinski definition) is 3. The number of nitrogens with one attached hydrogen (secondary N) is 2. The average Bonchev–Trinajstić information content (AvgIpc) is 3.19. The molecule has 0 radical (unpaired) electrons. The number of carbonyl (C=O) groups is 1. The number of amides is 1. The van der Waals surface area contributed by atoms with Crippen LogP contribution in [0, 0.1) is 0 Å². The summed E-state index contributed by atoms with van der Waals surface area (Å²) in [6.07, 6.45) is 3.56. The number of hydrazone groups is 1. The first-order chi connectivity index (χ1) is 13.7. The van der Waals surface area contributed by atoms with Gasteiger partial charge in [-0.25, -0.2) is 5.43 Å². The molecule has 3 rings (SSSR count). The zero-order valence-corrected chi connectivity index (χ0v) is 15.6. The molecule has 3 aromatic rings. The monoisotopic (exact) mass is 378 g/mol. The minimum Gasteiger partial charge on any atom is -0.508 e. The maximum atomic E-state index is 12.2. The second kappa shape index (κ2) is 9.36. The lowest BCUT2D eigenvalue weighted by Gasteiger charge is -2.05. The molecule has 0 saturated heterocycles. The number of H-pyrrole nitrogens is 1. The van der Waals surface area contributed by atoms with Crippen LogP contribution in [0.3, 0.4) is 0 Å². The first-order valence-corrected chi connectivity index (χ1v) is 9.07. The predicted molar refractivity (Wildman–Crippen MR) is 108 cm³/mol. The van der Waals surface area contributed by atoms with Gasteiger partial charge in [0.05, 0.1) is 18.5 Å². The summed E-state index contributed by atoms with van der Waals surface area (Å²) < 4.78 is 5.64. The molecule has 7 heteroatoms. The summed E-state index contributed by atoms with van der Waals surface area (Å²) in [4.78, 5) is 12.2. The highest BCUT2D eigenvalue weighted by molar-refractivity contribution is 5.94. The van der Waals surface area contributed by atoms with E-state index in [1.165, 1.54) is 6.21 Å². The summed E-state index contributed by atoms with van der Waals surface area (Å²) in [5, 5.41) is 20.2. The maximum absolute atomic E-state index is 12.2. The molecule has 0 atom stereocenters. The Morgan fingerprint density at radius 2 is 2.07 bits per heavy atom. The normalized spacial score (nSPS) is 10.9. The van der Waals surface area contributed by atoms with Crippen LogP contribution < -0.4 is 10.2 Å². The smallest absolute Gasteiger partial charge is 0.289 e. The molecule has 3 N–H and O–H groups in total. The Balaban J connectivity index is 1.59. The topological polar surface area (TPSA) is 99.6 Å². The SMILES string of the molecule is CCCCOc1ccc(-c2cc(C(=O)N/N=C/c3cccc(O)c3)[nH]n2)cc1. The number of carbonyl (C=O) groups excluding carboxylic acids is 1. The molecule has 0 aliphatic heterocycles. The van der Waals surface area contributed by atoms with Crippen LogP contribution in [0.1, 0.15) is 35.8 Å². The van der Waals surface area contributed by atoms with Crippen LogP contribution in [0.4, 0.5) is 0 Å². The Morgan fingerprint density at radius 1 is 1.25 bits per heavy atom. The second-order valence-electron chi connectivity index (χ2n) is 6.19. The third-order valence-corrected chi connectivity index (χ3v) is 3.99. The van der Waals surface area contributed by atoms with Crippen LogP contribution in [0.2, 0.25) is 0 Å². The van der Waals surface area contributed by atoms with Crippen LogP contribution in [0.25, 0.3) is 11.3 Å². The van der Waals surface area contributed by atoms with Gasteiger partial charge in [-0.15, -0.1) is 0 Å². The van der Waals surface area contributed by atoms with Gasteiger partial charge >= 0.3 is 0 Å². The molecule has 144 valence electrons. The van der Waals surface area contributed by atoms with Gasteiger partial charge in [-0.3, -0.25) is 9.89 Å². The third-order valence-electron chi connectivity index (χ3n) is 3.99. The van der Waals surface area contributed by atoms with E-state index in [1.54, 1.807) is 30.3 Å². The van der Waals surface area contributed by atoms with Gasteiger partial charge in [-0.05, 0) is 54.4 Å². The van der Waals surface area contributed by atoms with E-state index in [-0.39, 0.29) is 5.75 Å². The lowest BCUT2D eigenvalue weighted by atomic mass is 10.1. The zero-order valence-electron chi connectivity index (χ0n) is 15.6. The summed E-state index contributed by atoms with van der Waals surface area (Å²) >= 11 is 0. The van der Waals surface area contributed by atoms with Crippen molar-refractivity contribution in [3.05, 3.63) is 65.9 Å². The Hall–Kier alpha value is -3.61. The first-order valence-electron chi connectivity index (χ1n) is 9.07. The molecule has 0 spiro atoms. The molecule has 1 amide bonds. The minimum atomic E-state index is -0.408. The summed E-state index contributed by atoms with van der Waals surface area (Å²) in [5.41, 5.74) is 4.93. The van der Waals surface area contributed by atoms with Crippen molar-refractivity contribution in [2.45, 2.75) is 19.8 Å². The number of nitrogens with zero attached hydrogens (tertiary/aromatic N) is 2. The molecular weight excluding hydrogens is 356 g/mol. The molecular formula is C21H22N4O3. The number of unbranched alkanes of at least 4 members (excludes halogenated alkanes) is 1. The summed E-state index contributed by atoms with van der Waals surface area (Å²) in [7, 11) is 0. The van der Waals surface area contributed by atoms with Crippen LogP contribution >= 0.6 is 0 Å². The molecule has 0 saturated carbocycles. The average molecular weight is 378 g/mol. The number of aromatic hydroxyl groups is 1. The Bertz CT molecular complexity index is 948. The van der Waals surface area contributed by atoms with Crippen molar-refractivity contribution in [3.63, 3.8) is 0 Å². The van der Waals surface area contributed by atoms with Gasteiger partial charge in [0.2, 0.25) is 0 Å². The van der Waals surface area contributed by atoms with Gasteiger partial charge in [0.15, 0.2) is 0 Å². The maximum Gasteiger partial charge on any atom is 0.289 e. The molecule has 0 aliphatic carbocycles. The van der Waals surface area contributed by atoms with Crippen molar-refractivity contribution in [1.29, 1.82) is 0 Å². The molecule has 28 heavy (non-hydrogen) atoms. The molecule has 0 aliphatic rings. The van der Waals surface area contributed by atoms with E-state index < -0.39 is 5.91 Å². The van der Waals surface area contributed by atoms with Crippen LogP contribution in [-0.4, -0.2) is 34.0 Å². The van der Waals surface area contributed by atoms with Crippen molar-refractivity contribution in [2.24, 2.45) is 5.10 Å². The van der Waals surface area contributed by atoms with Crippen molar-refractivity contribution >= 4 is 12.1 Å². The Morgan fingerprint density at radius 3 is 2.82 bits per heavy atom. The molecule has 7 nitrogen and oxygen atoms in total. The van der Waals surface area contributed by atoms with Crippen molar-refractivity contribution < 1.29 is 14.6 Å². The van der Waals surface area contributed by atoms with Crippen molar-refractivity contribution in [2.75, 3.05) is 6.61 Å². The Labute approximate surface area is 163 Å². The van der Waals surface area contributed by atoms with E-state index >= 15 is 0 Å². The highest BCUT2D eigenvalue weighted by Crippen LogP contribution is 2.21. The lowest BCUT2D eigenvalue weighted by Crippen LogP contribution is -2.17. The molecule has 1 aromatic heterocycles. The van der Waals surface area contributed by atoms with Crippen LogP contribution in [-0.2, 0) is 0 Å². The van der Waals surface area contributed by atoms with E-state index in [9.17, 15) is 9.90 Å². The van der Waals surface area contributed by atoms with E-state index in [0.717, 1.165) is 24.2 Å². The number of phenols is 1. The second-order valence-corrected chi connectivity index (χ2v) is 6.19. The minimum absolute atomic E-state index is 0.135. The van der Waals surface area contributed by atoms with E-state index in [4.69, 9.17) is 4.74 Å². The first kappa shape index (κ1) is 19.2. The summed E-state index contributed by atoms with van der Waals surface area (Å²) in [5.74, 6) is 0.539. The Kier molecular flexibility index (Phi) is 6.41. The van der Waals surface area contributed by atoms with E-state index in [2.05, 4.69) is 27.6 Å². The number of rotatable bonds is 8. The molecule has 2 aromatic carbocycles. The highest BCUT2D eigenvalue weighted by atomic mass is 16.5. The summed E-state index contributed by atoms with van der Waals surface area (Å²) in [6.45, 7) is 2.82. The number of aromatic amines is 1. The molecule has 0 unspecified atom stereocenters. The third kappa shape index (κ3) is 5.20. The zero-order chi connectivity index (χ0) is 19.8. The fourth-order valence-corrected chi connectivity index (χ4v) is 2.47. The van der Waals surface area contributed by atoms with Gasteiger partial charge in [0.25, 0.3) is 5.91 Å². The number of aromatic nitrogens is 2. The molecule has 1 heterocycles. The quantitative estimate of drug-likeness (QED) is 0.316. The fourth-order valence-electron chi connectivity index (χ4n) is 2.47. The van der Waals surface area contributed by atoms with Crippen LogP contribution in [0.15, 0.2) is 59.7 Å². The van der Waals surface area contributed by atoms with E-state index in [1.807, 2.05) is 24.3 Å². The molecule has 0 fully saturated rings. The number of hydrogen-bond acceptors (Lipinski definition) is 5. The summed E-state index contributed by atoms with van der Waals surface area (Å²) in [6, 6.07) is 15.8. The lowest BCUT2D eigenvalue weighted by molar-refractivity contribution is 0.0950. The van der Waals surface area contributed by atoms with Gasteiger partial charge in [-0.2, -0.15) is 10.2 Å². The van der Waals surface area contributed by atoms with Gasteiger partial charge in [-0.1, -0.05) is 25.5 Å². The van der Waals surface area contributed by atoms with Crippen LogP contribution in [0.5, 0.6) is 11.5 Å². The number of ether oxygens (including phenoxy) is 1.